The summed E-state index contributed by atoms with van der Waals surface area (Å²) in [4.78, 5) is 4.54. The summed E-state index contributed by atoms with van der Waals surface area (Å²) >= 11 is 0. The summed E-state index contributed by atoms with van der Waals surface area (Å²) in [6.07, 6.45) is 3.38. The molecule has 1 aliphatic heterocycles. The van der Waals surface area contributed by atoms with E-state index in [0.29, 0.717) is 11.7 Å². The molecule has 1 aromatic rings. The van der Waals surface area contributed by atoms with E-state index >= 15 is 0 Å². The molecule has 6 heteroatoms. The van der Waals surface area contributed by atoms with Gasteiger partial charge in [0.25, 0.3) is 0 Å². The van der Waals surface area contributed by atoms with Crippen LogP contribution in [0.3, 0.4) is 0 Å². The SMILES string of the molecule is Cc1ccc(N2CCC(N(C)C)CC2)c(NS(C)(=O)=O)c1. The van der Waals surface area contributed by atoms with Crippen LogP contribution in [0.25, 0.3) is 0 Å². The molecule has 0 aromatic heterocycles. The minimum Gasteiger partial charge on any atom is -0.370 e. The van der Waals surface area contributed by atoms with Crippen molar-refractivity contribution >= 4 is 21.4 Å². The van der Waals surface area contributed by atoms with E-state index in [4.69, 9.17) is 0 Å². The average molecular weight is 311 g/mol. The Kier molecular flexibility index (Phi) is 4.78. The van der Waals surface area contributed by atoms with Crippen LogP contribution in [0.5, 0.6) is 0 Å². The fraction of sp³-hybridized carbons (Fsp3) is 0.600. The van der Waals surface area contributed by atoms with Gasteiger partial charge in [0.15, 0.2) is 0 Å². The van der Waals surface area contributed by atoms with Crippen molar-refractivity contribution in [3.05, 3.63) is 23.8 Å². The highest BCUT2D eigenvalue weighted by molar-refractivity contribution is 7.92. The highest BCUT2D eigenvalue weighted by atomic mass is 32.2. The Labute approximate surface area is 128 Å². The fourth-order valence-corrected chi connectivity index (χ4v) is 3.39. The number of nitrogens with zero attached hydrogens (tertiary/aromatic N) is 2. The van der Waals surface area contributed by atoms with Gasteiger partial charge in [-0.25, -0.2) is 8.42 Å². The molecule has 1 N–H and O–H groups in total. The van der Waals surface area contributed by atoms with Crippen LogP contribution < -0.4 is 9.62 Å². The number of rotatable bonds is 4. The number of hydrogen-bond acceptors (Lipinski definition) is 4. The molecule has 0 radical (unpaired) electrons. The van der Waals surface area contributed by atoms with Crippen molar-refractivity contribution in [3.8, 4) is 0 Å². The Hall–Kier alpha value is -1.27. The number of anilines is 2. The highest BCUT2D eigenvalue weighted by Gasteiger charge is 2.22. The van der Waals surface area contributed by atoms with Crippen molar-refractivity contribution in [2.45, 2.75) is 25.8 Å². The number of piperidine rings is 1. The van der Waals surface area contributed by atoms with Crippen LogP contribution >= 0.6 is 0 Å². The summed E-state index contributed by atoms with van der Waals surface area (Å²) in [5, 5.41) is 0. The van der Waals surface area contributed by atoms with Crippen molar-refractivity contribution < 1.29 is 8.42 Å². The Bertz CT molecular complexity index is 591. The molecule has 1 saturated heterocycles. The molecule has 1 heterocycles. The van der Waals surface area contributed by atoms with Crippen molar-refractivity contribution in [2.75, 3.05) is 43.1 Å². The summed E-state index contributed by atoms with van der Waals surface area (Å²) in [6, 6.07) is 6.55. The smallest absolute Gasteiger partial charge is 0.229 e. The van der Waals surface area contributed by atoms with E-state index in [0.717, 1.165) is 37.2 Å². The maximum absolute atomic E-state index is 11.6. The normalized spacial score (nSPS) is 17.3. The van der Waals surface area contributed by atoms with E-state index in [2.05, 4.69) is 28.6 Å². The van der Waals surface area contributed by atoms with Crippen LogP contribution in [0, 0.1) is 6.92 Å². The molecule has 21 heavy (non-hydrogen) atoms. The van der Waals surface area contributed by atoms with Gasteiger partial charge in [-0.3, -0.25) is 4.72 Å². The monoisotopic (exact) mass is 311 g/mol. The molecule has 0 aliphatic carbocycles. The summed E-state index contributed by atoms with van der Waals surface area (Å²) in [5.41, 5.74) is 2.71. The molecule has 0 atom stereocenters. The Morgan fingerprint density at radius 1 is 1.24 bits per heavy atom. The van der Waals surface area contributed by atoms with E-state index in [1.54, 1.807) is 0 Å². The second-order valence-corrected chi connectivity index (χ2v) is 7.83. The van der Waals surface area contributed by atoms with E-state index in [9.17, 15) is 8.42 Å². The van der Waals surface area contributed by atoms with Crippen molar-refractivity contribution in [1.82, 2.24) is 4.90 Å². The first kappa shape index (κ1) is 16.1. The zero-order valence-corrected chi connectivity index (χ0v) is 14.1. The lowest BCUT2D eigenvalue weighted by atomic mass is 10.0. The van der Waals surface area contributed by atoms with E-state index in [1.165, 1.54) is 6.26 Å². The van der Waals surface area contributed by atoms with Crippen LogP contribution in [0.2, 0.25) is 0 Å². The Morgan fingerprint density at radius 3 is 2.38 bits per heavy atom. The number of aryl methyl sites for hydroxylation is 1. The van der Waals surface area contributed by atoms with Gasteiger partial charge >= 0.3 is 0 Å². The topological polar surface area (TPSA) is 52.6 Å². The standard InChI is InChI=1S/C15H25N3O2S/c1-12-5-6-15(14(11-12)16-21(4,19)20)18-9-7-13(8-10-18)17(2)3/h5-6,11,13,16H,7-10H2,1-4H3. The summed E-state index contributed by atoms with van der Waals surface area (Å²) in [5.74, 6) is 0. The Morgan fingerprint density at radius 2 is 1.86 bits per heavy atom. The number of nitrogens with one attached hydrogen (secondary N) is 1. The van der Waals surface area contributed by atoms with Crippen molar-refractivity contribution in [2.24, 2.45) is 0 Å². The van der Waals surface area contributed by atoms with E-state index < -0.39 is 10.0 Å². The van der Waals surface area contributed by atoms with Crippen LogP contribution in [0.4, 0.5) is 11.4 Å². The molecule has 118 valence electrons. The lowest BCUT2D eigenvalue weighted by molar-refractivity contribution is 0.250. The second-order valence-electron chi connectivity index (χ2n) is 6.08. The van der Waals surface area contributed by atoms with Crippen LogP contribution in [-0.2, 0) is 10.0 Å². The molecule has 0 amide bonds. The fourth-order valence-electron chi connectivity index (χ4n) is 2.83. The molecule has 5 nitrogen and oxygen atoms in total. The lowest BCUT2D eigenvalue weighted by Gasteiger charge is -2.37. The van der Waals surface area contributed by atoms with Gasteiger partial charge < -0.3 is 9.80 Å². The van der Waals surface area contributed by atoms with Gasteiger partial charge in [-0.1, -0.05) is 6.07 Å². The lowest BCUT2D eigenvalue weighted by Crippen LogP contribution is -2.42. The Balaban J connectivity index is 2.20. The average Bonchev–Trinajstić information content (AvgIpc) is 2.37. The maximum Gasteiger partial charge on any atom is 0.229 e. The van der Waals surface area contributed by atoms with Gasteiger partial charge in [-0.05, 0) is 51.6 Å². The number of hydrogen-bond donors (Lipinski definition) is 1. The second kappa shape index (κ2) is 6.23. The molecular formula is C15H25N3O2S. The number of sulfonamides is 1. The third-order valence-corrected chi connectivity index (χ3v) is 4.57. The van der Waals surface area contributed by atoms with Crippen molar-refractivity contribution in [1.29, 1.82) is 0 Å². The molecule has 1 fully saturated rings. The number of benzene rings is 1. The summed E-state index contributed by atoms with van der Waals surface area (Å²) in [7, 11) is 0.964. The van der Waals surface area contributed by atoms with Crippen molar-refractivity contribution in [3.63, 3.8) is 0 Å². The molecular weight excluding hydrogens is 286 g/mol. The zero-order valence-electron chi connectivity index (χ0n) is 13.3. The van der Waals surface area contributed by atoms with E-state index in [1.807, 2.05) is 25.1 Å². The molecule has 0 spiro atoms. The van der Waals surface area contributed by atoms with Gasteiger partial charge in [0.1, 0.15) is 0 Å². The third kappa shape index (κ3) is 4.35. The van der Waals surface area contributed by atoms with Crippen LogP contribution in [0.15, 0.2) is 18.2 Å². The first-order valence-electron chi connectivity index (χ1n) is 7.26. The predicted octanol–water partition coefficient (Wildman–Crippen LogP) is 1.90. The maximum atomic E-state index is 11.6. The van der Waals surface area contributed by atoms with E-state index in [-0.39, 0.29) is 0 Å². The van der Waals surface area contributed by atoms with Gasteiger partial charge in [0.2, 0.25) is 10.0 Å². The van der Waals surface area contributed by atoms with Gasteiger partial charge in [0.05, 0.1) is 17.6 Å². The molecule has 1 aromatic carbocycles. The summed E-state index contributed by atoms with van der Waals surface area (Å²) < 4.78 is 25.7. The predicted molar refractivity (Wildman–Crippen MR) is 88.6 cm³/mol. The third-order valence-electron chi connectivity index (χ3n) is 3.98. The van der Waals surface area contributed by atoms with Crippen LogP contribution in [-0.4, -0.2) is 52.8 Å². The minimum absolute atomic E-state index is 0.609. The van der Waals surface area contributed by atoms with Gasteiger partial charge in [-0.15, -0.1) is 0 Å². The highest BCUT2D eigenvalue weighted by Crippen LogP contribution is 2.30. The first-order valence-corrected chi connectivity index (χ1v) is 9.15. The molecule has 2 rings (SSSR count). The minimum atomic E-state index is -3.26. The zero-order chi connectivity index (χ0) is 15.6. The molecule has 1 aliphatic rings. The van der Waals surface area contributed by atoms with Gasteiger partial charge in [-0.2, -0.15) is 0 Å². The molecule has 0 bridgehead atoms. The van der Waals surface area contributed by atoms with Crippen LogP contribution in [0.1, 0.15) is 18.4 Å². The molecule has 0 saturated carbocycles. The van der Waals surface area contributed by atoms with Gasteiger partial charge in [0, 0.05) is 19.1 Å². The largest absolute Gasteiger partial charge is 0.370 e. The molecule has 0 unspecified atom stereocenters. The summed E-state index contributed by atoms with van der Waals surface area (Å²) in [6.45, 7) is 3.87. The first-order chi connectivity index (χ1) is 9.76. The quantitative estimate of drug-likeness (QED) is 0.923.